The second-order valence-corrected chi connectivity index (χ2v) is 6.34. The van der Waals surface area contributed by atoms with Crippen molar-refractivity contribution in [2.45, 2.75) is 6.54 Å². The lowest BCUT2D eigenvalue weighted by Crippen LogP contribution is -2.07. The fourth-order valence-electron chi connectivity index (χ4n) is 2.22. The molecule has 1 aromatic heterocycles. The van der Waals surface area contributed by atoms with Crippen LogP contribution in [0, 0.1) is 5.82 Å². The Labute approximate surface area is 153 Å². The monoisotopic (exact) mass is 399 g/mol. The highest BCUT2D eigenvalue weighted by Crippen LogP contribution is 2.13. The third kappa shape index (κ3) is 5.12. The standard InChI is InChI=1S/C19H15BrFN3O/c20-16-6-1-15(2-7-16)12-24-13-18(11-22-24)23-19(25)10-5-14-3-8-17(21)9-4-14/h1-11,13H,12H2,(H,23,25)/b10-5+. The first kappa shape index (κ1) is 17.1. The summed E-state index contributed by atoms with van der Waals surface area (Å²) in [6, 6.07) is 13.9. The lowest BCUT2D eigenvalue weighted by molar-refractivity contribution is -0.111. The normalized spacial score (nSPS) is 11.0. The van der Waals surface area contributed by atoms with Crippen molar-refractivity contribution < 1.29 is 9.18 Å². The first-order chi connectivity index (χ1) is 12.1. The number of anilines is 1. The van der Waals surface area contributed by atoms with Crippen molar-refractivity contribution in [3.8, 4) is 0 Å². The number of hydrogen-bond acceptors (Lipinski definition) is 2. The van der Waals surface area contributed by atoms with Crippen molar-refractivity contribution in [1.82, 2.24) is 9.78 Å². The average molecular weight is 400 g/mol. The Hall–Kier alpha value is -2.73. The number of halogens is 2. The number of rotatable bonds is 5. The van der Waals surface area contributed by atoms with Gasteiger partial charge in [0, 0.05) is 16.7 Å². The zero-order chi connectivity index (χ0) is 17.6. The third-order valence-electron chi connectivity index (χ3n) is 3.46. The lowest BCUT2D eigenvalue weighted by Gasteiger charge is -2.02. The predicted octanol–water partition coefficient (Wildman–Crippen LogP) is 4.48. The van der Waals surface area contributed by atoms with Crippen LogP contribution in [0.1, 0.15) is 11.1 Å². The second-order valence-electron chi connectivity index (χ2n) is 5.43. The molecule has 6 heteroatoms. The Balaban J connectivity index is 1.57. The van der Waals surface area contributed by atoms with Crippen LogP contribution < -0.4 is 5.32 Å². The zero-order valence-corrected chi connectivity index (χ0v) is 14.8. The topological polar surface area (TPSA) is 46.9 Å². The molecule has 0 saturated carbocycles. The number of benzene rings is 2. The van der Waals surface area contributed by atoms with Crippen LogP contribution in [0.5, 0.6) is 0 Å². The van der Waals surface area contributed by atoms with Gasteiger partial charge in [0.1, 0.15) is 5.82 Å². The number of hydrogen-bond donors (Lipinski definition) is 1. The highest BCUT2D eigenvalue weighted by atomic mass is 79.9. The summed E-state index contributed by atoms with van der Waals surface area (Å²) in [5, 5.41) is 6.99. The molecule has 0 spiro atoms. The molecule has 1 amide bonds. The van der Waals surface area contributed by atoms with Crippen LogP contribution in [0.2, 0.25) is 0 Å². The van der Waals surface area contributed by atoms with Crippen LogP contribution in [0.3, 0.4) is 0 Å². The van der Waals surface area contributed by atoms with E-state index in [-0.39, 0.29) is 11.7 Å². The molecule has 0 fully saturated rings. The Morgan fingerprint density at radius 2 is 1.88 bits per heavy atom. The summed E-state index contributed by atoms with van der Waals surface area (Å²) in [6.07, 6.45) is 6.40. The van der Waals surface area contributed by atoms with Crippen LogP contribution in [0.15, 0.2) is 71.5 Å². The maximum Gasteiger partial charge on any atom is 0.248 e. The molecule has 0 aliphatic carbocycles. The number of carbonyl (C=O) groups is 1. The quantitative estimate of drug-likeness (QED) is 0.642. The second kappa shape index (κ2) is 7.90. The summed E-state index contributed by atoms with van der Waals surface area (Å²) in [4.78, 5) is 11.9. The van der Waals surface area contributed by atoms with E-state index in [0.29, 0.717) is 12.2 Å². The van der Waals surface area contributed by atoms with Gasteiger partial charge in [0.2, 0.25) is 5.91 Å². The average Bonchev–Trinajstić information content (AvgIpc) is 3.03. The zero-order valence-electron chi connectivity index (χ0n) is 13.2. The molecule has 126 valence electrons. The molecule has 3 rings (SSSR count). The number of amides is 1. The highest BCUT2D eigenvalue weighted by Gasteiger charge is 2.03. The molecule has 1 N–H and O–H groups in total. The van der Waals surface area contributed by atoms with E-state index in [4.69, 9.17) is 0 Å². The van der Waals surface area contributed by atoms with E-state index in [1.54, 1.807) is 35.3 Å². The van der Waals surface area contributed by atoms with Crippen molar-refractivity contribution in [2.24, 2.45) is 0 Å². The van der Waals surface area contributed by atoms with E-state index in [1.165, 1.54) is 18.2 Å². The first-order valence-electron chi connectivity index (χ1n) is 7.60. The summed E-state index contributed by atoms with van der Waals surface area (Å²) in [7, 11) is 0. The van der Waals surface area contributed by atoms with E-state index < -0.39 is 0 Å². The molecular weight excluding hydrogens is 385 g/mol. The van der Waals surface area contributed by atoms with Crippen molar-refractivity contribution in [2.75, 3.05) is 5.32 Å². The molecular formula is C19H15BrFN3O. The minimum absolute atomic E-state index is 0.271. The van der Waals surface area contributed by atoms with Gasteiger partial charge in [-0.2, -0.15) is 5.10 Å². The van der Waals surface area contributed by atoms with Crippen LogP contribution >= 0.6 is 15.9 Å². The van der Waals surface area contributed by atoms with Crippen LogP contribution in [-0.4, -0.2) is 15.7 Å². The first-order valence-corrected chi connectivity index (χ1v) is 8.39. The Morgan fingerprint density at radius 1 is 1.16 bits per heavy atom. The maximum atomic E-state index is 12.8. The van der Waals surface area contributed by atoms with E-state index >= 15 is 0 Å². The van der Waals surface area contributed by atoms with Gasteiger partial charge in [-0.15, -0.1) is 0 Å². The molecule has 0 saturated heterocycles. The van der Waals surface area contributed by atoms with Gasteiger partial charge in [0.25, 0.3) is 0 Å². The van der Waals surface area contributed by atoms with Crippen molar-refractivity contribution in [3.05, 3.63) is 88.4 Å². The predicted molar refractivity (Wildman–Crippen MR) is 99.5 cm³/mol. The smallest absolute Gasteiger partial charge is 0.248 e. The molecule has 0 aliphatic rings. The van der Waals surface area contributed by atoms with Crippen LogP contribution in [-0.2, 0) is 11.3 Å². The van der Waals surface area contributed by atoms with Gasteiger partial charge in [-0.1, -0.05) is 40.2 Å². The van der Waals surface area contributed by atoms with Gasteiger partial charge in [0.15, 0.2) is 0 Å². The Bertz CT molecular complexity index is 886. The third-order valence-corrected chi connectivity index (χ3v) is 3.98. The van der Waals surface area contributed by atoms with Crippen LogP contribution in [0.4, 0.5) is 10.1 Å². The van der Waals surface area contributed by atoms with Gasteiger partial charge in [-0.05, 0) is 41.5 Å². The van der Waals surface area contributed by atoms with E-state index in [2.05, 4.69) is 26.3 Å². The minimum Gasteiger partial charge on any atom is -0.320 e. The van der Waals surface area contributed by atoms with Crippen LogP contribution in [0.25, 0.3) is 6.08 Å². The number of carbonyl (C=O) groups excluding carboxylic acids is 1. The molecule has 0 aliphatic heterocycles. The number of nitrogens with one attached hydrogen (secondary N) is 1. The minimum atomic E-state index is -0.306. The van der Waals surface area contributed by atoms with Gasteiger partial charge in [-0.25, -0.2) is 4.39 Å². The number of aromatic nitrogens is 2. The van der Waals surface area contributed by atoms with Gasteiger partial charge in [0.05, 0.1) is 18.4 Å². The summed E-state index contributed by atoms with van der Waals surface area (Å²) < 4.78 is 15.6. The Morgan fingerprint density at radius 3 is 2.60 bits per heavy atom. The van der Waals surface area contributed by atoms with Crippen molar-refractivity contribution >= 4 is 33.6 Å². The van der Waals surface area contributed by atoms with E-state index in [1.807, 2.05) is 24.3 Å². The van der Waals surface area contributed by atoms with Crippen molar-refractivity contribution in [3.63, 3.8) is 0 Å². The molecule has 0 atom stereocenters. The number of nitrogens with zero attached hydrogens (tertiary/aromatic N) is 2. The summed E-state index contributed by atoms with van der Waals surface area (Å²) in [5.41, 5.74) is 2.48. The molecule has 2 aromatic carbocycles. The highest BCUT2D eigenvalue weighted by molar-refractivity contribution is 9.10. The fourth-order valence-corrected chi connectivity index (χ4v) is 2.49. The largest absolute Gasteiger partial charge is 0.320 e. The van der Waals surface area contributed by atoms with E-state index in [0.717, 1.165) is 15.6 Å². The van der Waals surface area contributed by atoms with Gasteiger partial charge in [-0.3, -0.25) is 9.48 Å². The molecule has 0 radical (unpaired) electrons. The lowest BCUT2D eigenvalue weighted by atomic mass is 10.2. The molecule has 4 nitrogen and oxygen atoms in total. The Kier molecular flexibility index (Phi) is 5.40. The molecule has 1 heterocycles. The summed E-state index contributed by atoms with van der Waals surface area (Å²) >= 11 is 3.40. The fraction of sp³-hybridized carbons (Fsp3) is 0.0526. The molecule has 0 bridgehead atoms. The van der Waals surface area contributed by atoms with Gasteiger partial charge < -0.3 is 5.32 Å². The van der Waals surface area contributed by atoms with E-state index in [9.17, 15) is 9.18 Å². The van der Waals surface area contributed by atoms with Crippen molar-refractivity contribution in [1.29, 1.82) is 0 Å². The molecule has 25 heavy (non-hydrogen) atoms. The maximum absolute atomic E-state index is 12.8. The summed E-state index contributed by atoms with van der Waals surface area (Å²) in [5.74, 6) is -0.577. The SMILES string of the molecule is O=C(/C=C/c1ccc(F)cc1)Nc1cnn(Cc2ccc(Br)cc2)c1. The van der Waals surface area contributed by atoms with Gasteiger partial charge >= 0.3 is 0 Å². The molecule has 3 aromatic rings. The molecule has 0 unspecified atom stereocenters. The summed E-state index contributed by atoms with van der Waals surface area (Å²) in [6.45, 7) is 0.620.